The van der Waals surface area contributed by atoms with E-state index in [4.69, 9.17) is 9.84 Å². The fraction of sp³-hybridized carbons (Fsp3) is 0.125. The second-order valence-electron chi connectivity index (χ2n) is 5.01. The van der Waals surface area contributed by atoms with Crippen molar-refractivity contribution in [3.63, 3.8) is 0 Å². The van der Waals surface area contributed by atoms with Crippen LogP contribution in [0.5, 0.6) is 5.75 Å². The van der Waals surface area contributed by atoms with Crippen LogP contribution < -0.4 is 10.1 Å². The Morgan fingerprint density at radius 2 is 2.09 bits per heavy atom. The number of methoxy groups -OCH3 is 1. The van der Waals surface area contributed by atoms with E-state index >= 15 is 0 Å². The average Bonchev–Trinajstić information content (AvgIpc) is 2.99. The van der Waals surface area contributed by atoms with Gasteiger partial charge in [-0.3, -0.25) is 4.79 Å². The first-order valence-corrected chi connectivity index (χ1v) is 6.64. The van der Waals surface area contributed by atoms with Gasteiger partial charge in [0.2, 0.25) is 0 Å². The highest BCUT2D eigenvalue weighted by molar-refractivity contribution is 6.34. The fourth-order valence-corrected chi connectivity index (χ4v) is 2.48. The van der Waals surface area contributed by atoms with E-state index in [1.165, 1.54) is 0 Å². The molecule has 0 saturated carbocycles. The number of rotatable bonds is 3. The summed E-state index contributed by atoms with van der Waals surface area (Å²) in [6.45, 7) is 1.70. The Balaban J connectivity index is 2.04. The first-order valence-electron chi connectivity index (χ1n) is 6.64. The second-order valence-corrected chi connectivity index (χ2v) is 5.01. The number of amides is 1. The third-order valence-corrected chi connectivity index (χ3v) is 3.56. The SMILES string of the molecule is COc1ccc2c(c1)NC(=O)/C2=C\c1cc(C)c(C(=O)O)[nH]1. The molecule has 0 aliphatic carbocycles. The normalized spacial score (nSPS) is 14.8. The smallest absolute Gasteiger partial charge is 0.352 e. The van der Waals surface area contributed by atoms with Gasteiger partial charge in [-0.2, -0.15) is 0 Å². The van der Waals surface area contributed by atoms with E-state index in [1.54, 1.807) is 44.4 Å². The molecule has 0 fully saturated rings. The van der Waals surface area contributed by atoms with E-state index in [1.807, 2.05) is 0 Å². The van der Waals surface area contributed by atoms with E-state index < -0.39 is 5.97 Å². The lowest BCUT2D eigenvalue weighted by Gasteiger charge is -2.02. The number of aryl methyl sites for hydroxylation is 1. The molecular formula is C16H14N2O4. The minimum Gasteiger partial charge on any atom is -0.497 e. The Hall–Kier alpha value is -3.02. The number of carboxylic acids is 1. The van der Waals surface area contributed by atoms with Gasteiger partial charge in [-0.05, 0) is 36.8 Å². The number of carbonyl (C=O) groups is 2. The van der Waals surface area contributed by atoms with Crippen LogP contribution in [0.3, 0.4) is 0 Å². The van der Waals surface area contributed by atoms with E-state index in [0.717, 1.165) is 5.56 Å². The number of carboxylic acid groups (broad SMARTS) is 1. The number of fused-ring (bicyclic) bond motifs is 1. The molecule has 2 heterocycles. The Morgan fingerprint density at radius 3 is 2.73 bits per heavy atom. The van der Waals surface area contributed by atoms with Gasteiger partial charge in [0.15, 0.2) is 0 Å². The number of benzene rings is 1. The van der Waals surface area contributed by atoms with Gasteiger partial charge in [-0.25, -0.2) is 4.79 Å². The summed E-state index contributed by atoms with van der Waals surface area (Å²) < 4.78 is 5.13. The minimum atomic E-state index is -1.02. The third kappa shape index (κ3) is 2.24. The van der Waals surface area contributed by atoms with Crippen molar-refractivity contribution >= 4 is 29.2 Å². The van der Waals surface area contributed by atoms with E-state index in [0.29, 0.717) is 28.3 Å². The van der Waals surface area contributed by atoms with Crippen molar-refractivity contribution < 1.29 is 19.4 Å². The average molecular weight is 298 g/mol. The number of anilines is 1. The van der Waals surface area contributed by atoms with Gasteiger partial charge >= 0.3 is 5.97 Å². The van der Waals surface area contributed by atoms with Crippen LogP contribution in [0.2, 0.25) is 0 Å². The van der Waals surface area contributed by atoms with Crippen molar-refractivity contribution in [1.29, 1.82) is 0 Å². The maximum atomic E-state index is 12.1. The molecule has 1 aliphatic heterocycles. The molecule has 0 atom stereocenters. The zero-order valence-corrected chi connectivity index (χ0v) is 12.1. The molecule has 0 unspecified atom stereocenters. The van der Waals surface area contributed by atoms with Crippen LogP contribution in [0.25, 0.3) is 11.6 Å². The van der Waals surface area contributed by atoms with Crippen molar-refractivity contribution in [3.8, 4) is 5.75 Å². The molecule has 112 valence electrons. The first kappa shape index (κ1) is 13.9. The number of hydrogen-bond donors (Lipinski definition) is 3. The molecule has 0 saturated heterocycles. The largest absolute Gasteiger partial charge is 0.497 e. The Kier molecular flexibility index (Phi) is 3.21. The van der Waals surface area contributed by atoms with Gasteiger partial charge in [0.25, 0.3) is 5.91 Å². The summed E-state index contributed by atoms with van der Waals surface area (Å²) >= 11 is 0. The van der Waals surface area contributed by atoms with Gasteiger partial charge in [0.05, 0.1) is 18.4 Å². The number of ether oxygens (including phenoxy) is 1. The molecule has 2 aromatic rings. The van der Waals surface area contributed by atoms with Crippen molar-refractivity contribution in [1.82, 2.24) is 4.98 Å². The zero-order valence-electron chi connectivity index (χ0n) is 12.1. The Labute approximate surface area is 126 Å². The van der Waals surface area contributed by atoms with Crippen LogP contribution >= 0.6 is 0 Å². The van der Waals surface area contributed by atoms with Crippen LogP contribution in [0.4, 0.5) is 5.69 Å². The van der Waals surface area contributed by atoms with Crippen molar-refractivity contribution in [2.24, 2.45) is 0 Å². The van der Waals surface area contributed by atoms with Crippen molar-refractivity contribution in [3.05, 3.63) is 46.8 Å². The summed E-state index contributed by atoms with van der Waals surface area (Å²) in [6, 6.07) is 7.02. The molecule has 3 N–H and O–H groups in total. The number of aromatic amines is 1. The van der Waals surface area contributed by atoms with Gasteiger partial charge < -0.3 is 20.1 Å². The Morgan fingerprint density at radius 1 is 1.32 bits per heavy atom. The quantitative estimate of drug-likeness (QED) is 0.759. The first-order chi connectivity index (χ1) is 10.5. The highest BCUT2D eigenvalue weighted by atomic mass is 16.5. The molecule has 0 spiro atoms. The number of hydrogen-bond acceptors (Lipinski definition) is 3. The monoisotopic (exact) mass is 298 g/mol. The molecule has 6 nitrogen and oxygen atoms in total. The molecule has 0 bridgehead atoms. The molecular weight excluding hydrogens is 284 g/mol. The van der Waals surface area contributed by atoms with Crippen molar-refractivity contribution in [2.75, 3.05) is 12.4 Å². The summed E-state index contributed by atoms with van der Waals surface area (Å²) in [5.74, 6) is -0.597. The topological polar surface area (TPSA) is 91.4 Å². The lowest BCUT2D eigenvalue weighted by Crippen LogP contribution is -2.03. The summed E-state index contributed by atoms with van der Waals surface area (Å²) in [6.07, 6.45) is 1.65. The molecule has 1 aromatic heterocycles. The molecule has 1 amide bonds. The number of aromatic nitrogens is 1. The van der Waals surface area contributed by atoms with E-state index in [2.05, 4.69) is 10.3 Å². The number of H-pyrrole nitrogens is 1. The van der Waals surface area contributed by atoms with Crippen LogP contribution in [-0.2, 0) is 4.79 Å². The summed E-state index contributed by atoms with van der Waals surface area (Å²) in [5, 5.41) is 11.8. The van der Waals surface area contributed by atoms with E-state index in [-0.39, 0.29) is 11.6 Å². The van der Waals surface area contributed by atoms with Crippen LogP contribution in [0, 0.1) is 6.92 Å². The van der Waals surface area contributed by atoms with Crippen molar-refractivity contribution in [2.45, 2.75) is 6.92 Å². The lowest BCUT2D eigenvalue weighted by molar-refractivity contribution is -0.110. The van der Waals surface area contributed by atoms with Gasteiger partial charge in [-0.1, -0.05) is 0 Å². The second kappa shape index (κ2) is 5.07. The third-order valence-electron chi connectivity index (χ3n) is 3.56. The number of nitrogens with one attached hydrogen (secondary N) is 2. The highest BCUT2D eigenvalue weighted by Crippen LogP contribution is 2.35. The molecule has 6 heteroatoms. The fourth-order valence-electron chi connectivity index (χ4n) is 2.48. The standard InChI is InChI=1S/C16H14N2O4/c1-8-5-9(17-14(8)16(20)21)6-12-11-4-3-10(22-2)7-13(11)18-15(12)19/h3-7,17H,1-2H3,(H,18,19)(H,20,21)/b12-6-. The molecule has 3 rings (SSSR count). The van der Waals surface area contributed by atoms with E-state index in [9.17, 15) is 9.59 Å². The maximum Gasteiger partial charge on any atom is 0.352 e. The summed E-state index contributed by atoms with van der Waals surface area (Å²) in [4.78, 5) is 26.0. The zero-order chi connectivity index (χ0) is 15.9. The molecule has 1 aromatic carbocycles. The minimum absolute atomic E-state index is 0.125. The number of aromatic carboxylic acids is 1. The molecule has 0 radical (unpaired) electrons. The predicted molar refractivity (Wildman–Crippen MR) is 82.0 cm³/mol. The summed E-state index contributed by atoms with van der Waals surface area (Å²) in [7, 11) is 1.56. The Bertz CT molecular complexity index is 818. The van der Waals surface area contributed by atoms with Crippen LogP contribution in [0.15, 0.2) is 24.3 Å². The number of carbonyl (C=O) groups excluding carboxylic acids is 1. The van der Waals surface area contributed by atoms with Crippen LogP contribution in [0.1, 0.15) is 27.3 Å². The van der Waals surface area contributed by atoms with Gasteiger partial charge in [-0.15, -0.1) is 0 Å². The lowest BCUT2D eigenvalue weighted by atomic mass is 10.1. The molecule has 1 aliphatic rings. The molecule has 22 heavy (non-hydrogen) atoms. The van der Waals surface area contributed by atoms with Gasteiger partial charge in [0.1, 0.15) is 11.4 Å². The highest BCUT2D eigenvalue weighted by Gasteiger charge is 2.25. The summed E-state index contributed by atoms with van der Waals surface area (Å²) in [5.41, 5.74) is 3.24. The van der Waals surface area contributed by atoms with Crippen LogP contribution in [-0.4, -0.2) is 29.1 Å². The van der Waals surface area contributed by atoms with Gasteiger partial charge in [0, 0.05) is 17.3 Å². The predicted octanol–water partition coefficient (Wildman–Crippen LogP) is 2.52. The maximum absolute atomic E-state index is 12.1.